The molecule has 0 heterocycles. The second-order valence-corrected chi connectivity index (χ2v) is 7.56. The summed E-state index contributed by atoms with van der Waals surface area (Å²) in [6.45, 7) is 7.97. The van der Waals surface area contributed by atoms with Gasteiger partial charge in [0.05, 0.1) is 0 Å². The highest BCUT2D eigenvalue weighted by Crippen LogP contribution is 2.22. The number of rotatable bonds is 5. The molecule has 0 unspecified atom stereocenters. The molecule has 24 heavy (non-hydrogen) atoms. The monoisotopic (exact) mass is 324 g/mol. The first-order valence-corrected chi connectivity index (χ1v) is 8.37. The summed E-state index contributed by atoms with van der Waals surface area (Å²) in [5.74, 6) is -0.0344. The fourth-order valence-electron chi connectivity index (χ4n) is 2.53. The number of carbonyl (C=O) groups is 1. The van der Waals surface area contributed by atoms with E-state index in [0.29, 0.717) is 12.1 Å². The van der Waals surface area contributed by atoms with Crippen molar-refractivity contribution in [1.29, 1.82) is 0 Å². The summed E-state index contributed by atoms with van der Waals surface area (Å²) in [6.07, 6.45) is 0. The molecular formula is C21H28N2O. The smallest absolute Gasteiger partial charge is 0.251 e. The van der Waals surface area contributed by atoms with E-state index in [-0.39, 0.29) is 11.3 Å². The number of hydrogen-bond acceptors (Lipinski definition) is 2. The first kappa shape index (κ1) is 18.2. The third kappa shape index (κ3) is 5.20. The Morgan fingerprint density at radius 1 is 0.917 bits per heavy atom. The Bertz CT molecular complexity index is 664. The fraction of sp³-hybridized carbons (Fsp3) is 0.381. The lowest BCUT2D eigenvalue weighted by Gasteiger charge is -2.19. The molecule has 0 aromatic heterocycles. The van der Waals surface area contributed by atoms with Crippen molar-refractivity contribution in [3.8, 4) is 0 Å². The molecule has 2 rings (SSSR count). The van der Waals surface area contributed by atoms with E-state index in [9.17, 15) is 4.79 Å². The van der Waals surface area contributed by atoms with Crippen LogP contribution in [0.2, 0.25) is 0 Å². The molecule has 2 aromatic rings. The van der Waals surface area contributed by atoms with Crippen LogP contribution in [0.5, 0.6) is 0 Å². The van der Waals surface area contributed by atoms with Gasteiger partial charge in [-0.1, -0.05) is 57.2 Å². The molecule has 128 valence electrons. The molecule has 1 N–H and O–H groups in total. The van der Waals surface area contributed by atoms with Gasteiger partial charge in [0.25, 0.3) is 5.91 Å². The zero-order valence-electron chi connectivity index (χ0n) is 15.4. The lowest BCUT2D eigenvalue weighted by Crippen LogP contribution is -2.23. The van der Waals surface area contributed by atoms with Crippen LogP contribution < -0.4 is 5.32 Å². The quantitative estimate of drug-likeness (QED) is 0.902. The molecule has 3 heteroatoms. The minimum Gasteiger partial charge on any atom is -0.348 e. The number of benzene rings is 2. The van der Waals surface area contributed by atoms with Gasteiger partial charge in [-0.2, -0.15) is 0 Å². The highest BCUT2D eigenvalue weighted by Gasteiger charge is 2.14. The molecule has 0 saturated heterocycles. The van der Waals surface area contributed by atoms with E-state index in [1.807, 2.05) is 24.3 Å². The second kappa shape index (κ2) is 7.63. The zero-order chi connectivity index (χ0) is 17.7. The molecule has 2 aromatic carbocycles. The van der Waals surface area contributed by atoms with Crippen LogP contribution in [0.15, 0.2) is 48.5 Å². The van der Waals surface area contributed by atoms with Crippen molar-refractivity contribution in [3.05, 3.63) is 70.8 Å². The Labute approximate surface area is 145 Å². The van der Waals surface area contributed by atoms with E-state index in [4.69, 9.17) is 0 Å². The number of nitrogens with zero attached hydrogens (tertiary/aromatic N) is 1. The molecule has 0 radical (unpaired) electrons. The zero-order valence-corrected chi connectivity index (χ0v) is 15.4. The predicted molar refractivity (Wildman–Crippen MR) is 100 cm³/mol. The van der Waals surface area contributed by atoms with Crippen LogP contribution >= 0.6 is 0 Å². The summed E-state index contributed by atoms with van der Waals surface area (Å²) in [5.41, 5.74) is 4.41. The van der Waals surface area contributed by atoms with E-state index in [2.05, 4.69) is 69.3 Å². The molecule has 0 fully saturated rings. The summed E-state index contributed by atoms with van der Waals surface area (Å²) >= 11 is 0. The molecule has 0 saturated carbocycles. The Kier molecular flexibility index (Phi) is 5.79. The number of amides is 1. The summed E-state index contributed by atoms with van der Waals surface area (Å²) in [4.78, 5) is 14.4. The summed E-state index contributed by atoms with van der Waals surface area (Å²) in [6, 6.07) is 16.2. The van der Waals surface area contributed by atoms with E-state index in [1.165, 1.54) is 11.1 Å². The van der Waals surface area contributed by atoms with Gasteiger partial charge in [-0.3, -0.25) is 4.79 Å². The Morgan fingerprint density at radius 3 is 1.96 bits per heavy atom. The normalized spacial score (nSPS) is 11.6. The first-order chi connectivity index (χ1) is 11.3. The lowest BCUT2D eigenvalue weighted by molar-refractivity contribution is 0.0951. The molecule has 0 atom stereocenters. The molecule has 3 nitrogen and oxygen atoms in total. The van der Waals surface area contributed by atoms with Crippen LogP contribution in [-0.4, -0.2) is 24.9 Å². The maximum atomic E-state index is 12.3. The lowest BCUT2D eigenvalue weighted by atomic mass is 9.87. The van der Waals surface area contributed by atoms with Gasteiger partial charge in [-0.25, -0.2) is 0 Å². The van der Waals surface area contributed by atoms with Gasteiger partial charge in [-0.15, -0.1) is 0 Å². The maximum Gasteiger partial charge on any atom is 0.251 e. The average Bonchev–Trinajstić information content (AvgIpc) is 2.52. The van der Waals surface area contributed by atoms with Gasteiger partial charge in [0.15, 0.2) is 0 Å². The van der Waals surface area contributed by atoms with Crippen LogP contribution in [-0.2, 0) is 18.5 Å². The van der Waals surface area contributed by atoms with E-state index in [1.54, 1.807) is 0 Å². The van der Waals surface area contributed by atoms with E-state index in [0.717, 1.165) is 12.1 Å². The predicted octanol–water partition coefficient (Wildman–Crippen LogP) is 3.98. The fourth-order valence-corrected chi connectivity index (χ4v) is 2.53. The van der Waals surface area contributed by atoms with Crippen LogP contribution in [0, 0.1) is 0 Å². The third-order valence-electron chi connectivity index (χ3n) is 3.99. The van der Waals surface area contributed by atoms with Gasteiger partial charge < -0.3 is 10.2 Å². The average molecular weight is 324 g/mol. The van der Waals surface area contributed by atoms with E-state index >= 15 is 0 Å². The summed E-state index contributed by atoms with van der Waals surface area (Å²) in [5, 5.41) is 2.98. The van der Waals surface area contributed by atoms with Crippen molar-refractivity contribution >= 4 is 5.91 Å². The van der Waals surface area contributed by atoms with Gasteiger partial charge >= 0.3 is 0 Å². The Hall–Kier alpha value is -2.13. The van der Waals surface area contributed by atoms with Crippen LogP contribution in [0.1, 0.15) is 47.8 Å². The topological polar surface area (TPSA) is 32.3 Å². The number of nitrogens with one attached hydrogen (secondary N) is 1. The van der Waals surface area contributed by atoms with Crippen molar-refractivity contribution in [1.82, 2.24) is 10.2 Å². The van der Waals surface area contributed by atoms with Gasteiger partial charge in [-0.05, 0) is 48.3 Å². The summed E-state index contributed by atoms with van der Waals surface area (Å²) in [7, 11) is 4.11. The highest BCUT2D eigenvalue weighted by molar-refractivity contribution is 5.94. The first-order valence-electron chi connectivity index (χ1n) is 8.37. The van der Waals surface area contributed by atoms with Crippen LogP contribution in [0.4, 0.5) is 0 Å². The van der Waals surface area contributed by atoms with Crippen molar-refractivity contribution in [3.63, 3.8) is 0 Å². The molecular weight excluding hydrogens is 296 g/mol. The van der Waals surface area contributed by atoms with Crippen molar-refractivity contribution in [2.24, 2.45) is 0 Å². The van der Waals surface area contributed by atoms with Crippen molar-refractivity contribution in [2.45, 2.75) is 39.3 Å². The van der Waals surface area contributed by atoms with Crippen LogP contribution in [0.3, 0.4) is 0 Å². The Balaban J connectivity index is 1.93. The molecule has 0 spiro atoms. The molecule has 0 aliphatic carbocycles. The van der Waals surface area contributed by atoms with Crippen LogP contribution in [0.25, 0.3) is 0 Å². The minimum atomic E-state index is -0.0344. The third-order valence-corrected chi connectivity index (χ3v) is 3.99. The maximum absolute atomic E-state index is 12.3. The van der Waals surface area contributed by atoms with Crippen molar-refractivity contribution < 1.29 is 4.79 Å². The summed E-state index contributed by atoms with van der Waals surface area (Å²) < 4.78 is 0. The van der Waals surface area contributed by atoms with Gasteiger partial charge in [0.1, 0.15) is 0 Å². The van der Waals surface area contributed by atoms with Gasteiger partial charge in [0, 0.05) is 18.7 Å². The Morgan fingerprint density at radius 2 is 1.46 bits per heavy atom. The van der Waals surface area contributed by atoms with E-state index < -0.39 is 0 Å². The molecule has 1 amide bonds. The number of carbonyl (C=O) groups excluding carboxylic acids is 1. The molecule has 0 aliphatic rings. The van der Waals surface area contributed by atoms with Crippen molar-refractivity contribution in [2.75, 3.05) is 14.1 Å². The largest absolute Gasteiger partial charge is 0.348 e. The second-order valence-electron chi connectivity index (χ2n) is 7.56. The highest BCUT2D eigenvalue weighted by atomic mass is 16.1. The molecule has 0 aliphatic heterocycles. The SMILES string of the molecule is CN(C)Cc1ccc(CNC(=O)c2ccc(C(C)(C)C)cc2)cc1. The number of hydrogen-bond donors (Lipinski definition) is 1. The molecule has 0 bridgehead atoms. The minimum absolute atomic E-state index is 0.0344. The standard InChI is InChI=1S/C21H28N2O/c1-21(2,3)19-12-10-18(11-13-19)20(24)22-14-16-6-8-17(9-7-16)15-23(4)5/h6-13H,14-15H2,1-5H3,(H,22,24). The van der Waals surface area contributed by atoms with Gasteiger partial charge in [0.2, 0.25) is 0 Å².